The third-order valence-electron chi connectivity index (χ3n) is 3.46. The summed E-state index contributed by atoms with van der Waals surface area (Å²) in [5.41, 5.74) is 8.51. The number of hydrogen-bond donors (Lipinski definition) is 3. The van der Waals surface area contributed by atoms with E-state index in [1.165, 1.54) is 24.3 Å². The van der Waals surface area contributed by atoms with Crippen molar-refractivity contribution in [1.29, 1.82) is 0 Å². The van der Waals surface area contributed by atoms with Crippen LogP contribution in [0.4, 0.5) is 13.2 Å². The molecule has 8 nitrogen and oxygen atoms in total. The van der Waals surface area contributed by atoms with Gasteiger partial charge in [-0.25, -0.2) is 13.1 Å². The van der Waals surface area contributed by atoms with Gasteiger partial charge in [-0.05, 0) is 42.5 Å². The highest BCUT2D eigenvalue weighted by Gasteiger charge is 2.35. The van der Waals surface area contributed by atoms with Crippen LogP contribution in [0.25, 0.3) is 0 Å². The van der Waals surface area contributed by atoms with Crippen molar-refractivity contribution >= 4 is 21.9 Å². The summed E-state index contributed by atoms with van der Waals surface area (Å²) < 4.78 is 71.5. The largest absolute Gasteiger partial charge is 0.457 e. The monoisotopic (exact) mass is 430 g/mol. The lowest BCUT2D eigenvalue weighted by molar-refractivity contribution is -0.138. The number of guanidine groups is 1. The Kier molecular flexibility index (Phi) is 6.49. The number of halogens is 3. The first-order valence-corrected chi connectivity index (χ1v) is 9.55. The molecular weight excluding hydrogens is 413 g/mol. The van der Waals surface area contributed by atoms with E-state index in [0.717, 1.165) is 12.1 Å². The van der Waals surface area contributed by atoms with Gasteiger partial charge >= 0.3 is 6.18 Å². The number of aliphatic imine (C=N–C) groups is 1. The molecule has 0 saturated heterocycles. The van der Waals surface area contributed by atoms with Crippen LogP contribution in [0.2, 0.25) is 0 Å². The fraction of sp³-hybridized carbons (Fsp3) is 0.176. The molecule has 2 aromatic rings. The van der Waals surface area contributed by atoms with E-state index in [9.17, 15) is 26.4 Å². The van der Waals surface area contributed by atoms with E-state index < -0.39 is 39.4 Å². The highest BCUT2D eigenvalue weighted by Crippen LogP contribution is 2.39. The van der Waals surface area contributed by atoms with Crippen LogP contribution in [0.15, 0.2) is 52.4 Å². The summed E-state index contributed by atoms with van der Waals surface area (Å²) in [6, 6.07) is 7.39. The number of nitrogens with zero attached hydrogens (tertiary/aromatic N) is 1. The highest BCUT2D eigenvalue weighted by molar-refractivity contribution is 7.89. The molecule has 12 heteroatoms. The van der Waals surface area contributed by atoms with Crippen LogP contribution in [0.1, 0.15) is 22.8 Å². The molecular formula is C17H17F3N4O4S. The molecule has 156 valence electrons. The molecule has 0 saturated carbocycles. The van der Waals surface area contributed by atoms with Gasteiger partial charge in [0.2, 0.25) is 10.0 Å². The van der Waals surface area contributed by atoms with E-state index >= 15 is 0 Å². The van der Waals surface area contributed by atoms with Crippen LogP contribution in [0.3, 0.4) is 0 Å². The molecule has 0 unspecified atom stereocenters. The number of hydrogen-bond acceptors (Lipinski definition) is 4. The Labute approximate surface area is 164 Å². The first kappa shape index (κ1) is 22.2. The van der Waals surface area contributed by atoms with Gasteiger partial charge in [-0.3, -0.25) is 4.79 Å². The van der Waals surface area contributed by atoms with E-state index in [4.69, 9.17) is 16.2 Å². The summed E-state index contributed by atoms with van der Waals surface area (Å²) >= 11 is 0. The molecule has 0 radical (unpaired) electrons. The number of rotatable bonds is 6. The van der Waals surface area contributed by atoms with Crippen LogP contribution in [-0.4, -0.2) is 26.8 Å². The number of benzene rings is 2. The molecule has 29 heavy (non-hydrogen) atoms. The summed E-state index contributed by atoms with van der Waals surface area (Å²) in [4.78, 5) is 14.9. The summed E-state index contributed by atoms with van der Waals surface area (Å²) in [5.74, 6) is -2.24. The first-order chi connectivity index (χ1) is 13.4. The fourth-order valence-corrected chi connectivity index (χ4v) is 3.28. The SMILES string of the molecule is CCNS(=O)(=O)c1ccc(Oc2ccc(C(=O)N=C(N)N)cc2C(F)(F)F)cc1. The Hall–Kier alpha value is -3.12. The van der Waals surface area contributed by atoms with Crippen LogP contribution in [0, 0.1) is 0 Å². The van der Waals surface area contributed by atoms with Crippen molar-refractivity contribution in [2.45, 2.75) is 18.0 Å². The lowest BCUT2D eigenvalue weighted by Crippen LogP contribution is -2.24. The fourth-order valence-electron chi connectivity index (χ4n) is 2.24. The smallest absolute Gasteiger partial charge is 0.420 e. The molecule has 0 spiro atoms. The Bertz CT molecular complexity index is 1030. The van der Waals surface area contributed by atoms with Gasteiger partial charge in [-0.2, -0.15) is 18.2 Å². The molecule has 0 aliphatic heterocycles. The highest BCUT2D eigenvalue weighted by atomic mass is 32.2. The standard InChI is InChI=1S/C17H17F3N4O4S/c1-2-23-29(26,27)12-6-4-11(5-7-12)28-14-8-3-10(15(25)24-16(21)22)9-13(14)17(18,19)20/h3-9,23H,2H2,1H3,(H4,21,22,24,25). The molecule has 1 amide bonds. The predicted molar refractivity (Wildman–Crippen MR) is 99.0 cm³/mol. The average Bonchev–Trinajstić information content (AvgIpc) is 2.61. The second-order valence-corrected chi connectivity index (χ2v) is 7.39. The number of carbonyl (C=O) groups excluding carboxylic acids is 1. The molecule has 0 fully saturated rings. The number of carbonyl (C=O) groups is 1. The zero-order chi connectivity index (χ0) is 21.8. The Balaban J connectivity index is 2.37. The number of sulfonamides is 1. The van der Waals surface area contributed by atoms with Gasteiger partial charge in [0.15, 0.2) is 5.96 Å². The van der Waals surface area contributed by atoms with Crippen LogP contribution >= 0.6 is 0 Å². The maximum absolute atomic E-state index is 13.4. The molecule has 0 heterocycles. The van der Waals surface area contributed by atoms with Gasteiger partial charge in [-0.15, -0.1) is 0 Å². The van der Waals surface area contributed by atoms with E-state index in [-0.39, 0.29) is 22.8 Å². The van der Waals surface area contributed by atoms with Gasteiger partial charge in [0.25, 0.3) is 5.91 Å². The minimum absolute atomic E-state index is 0.0331. The number of alkyl halides is 3. The minimum atomic E-state index is -4.84. The van der Waals surface area contributed by atoms with Gasteiger partial charge in [0.1, 0.15) is 11.5 Å². The molecule has 0 aliphatic rings. The lowest BCUT2D eigenvalue weighted by atomic mass is 10.1. The summed E-state index contributed by atoms with van der Waals surface area (Å²) in [7, 11) is -3.71. The van der Waals surface area contributed by atoms with Gasteiger partial charge < -0.3 is 16.2 Å². The average molecular weight is 430 g/mol. The van der Waals surface area contributed by atoms with Crippen molar-refractivity contribution < 1.29 is 31.1 Å². The van der Waals surface area contributed by atoms with Crippen molar-refractivity contribution in [3.63, 3.8) is 0 Å². The van der Waals surface area contributed by atoms with Crippen LogP contribution < -0.4 is 20.9 Å². The maximum Gasteiger partial charge on any atom is 0.420 e. The molecule has 0 atom stereocenters. The third kappa shape index (κ3) is 5.68. The van der Waals surface area contributed by atoms with Gasteiger partial charge in [-0.1, -0.05) is 6.92 Å². The minimum Gasteiger partial charge on any atom is -0.457 e. The summed E-state index contributed by atoms with van der Waals surface area (Å²) in [6.07, 6.45) is -4.84. The Morgan fingerprint density at radius 1 is 1.14 bits per heavy atom. The van der Waals surface area contributed by atoms with E-state index in [2.05, 4.69) is 9.71 Å². The lowest BCUT2D eigenvalue weighted by Gasteiger charge is -2.15. The number of nitrogens with one attached hydrogen (secondary N) is 1. The Morgan fingerprint density at radius 3 is 2.28 bits per heavy atom. The molecule has 5 N–H and O–H groups in total. The van der Waals surface area contributed by atoms with Gasteiger partial charge in [0.05, 0.1) is 10.5 Å². The van der Waals surface area contributed by atoms with E-state index in [0.29, 0.717) is 6.07 Å². The van der Waals surface area contributed by atoms with Gasteiger partial charge in [0, 0.05) is 12.1 Å². The topological polar surface area (TPSA) is 137 Å². The molecule has 2 aromatic carbocycles. The predicted octanol–water partition coefficient (Wildman–Crippen LogP) is 2.21. The van der Waals surface area contributed by atoms with Crippen molar-refractivity contribution in [1.82, 2.24) is 4.72 Å². The maximum atomic E-state index is 13.4. The normalized spacial score (nSPS) is 11.7. The quantitative estimate of drug-likeness (QED) is 0.475. The van der Waals surface area contributed by atoms with Crippen LogP contribution in [0.5, 0.6) is 11.5 Å². The van der Waals surface area contributed by atoms with Crippen molar-refractivity contribution in [2.24, 2.45) is 16.5 Å². The van der Waals surface area contributed by atoms with E-state index in [1.807, 2.05) is 0 Å². The van der Waals surface area contributed by atoms with Crippen molar-refractivity contribution in [3.8, 4) is 11.5 Å². The van der Waals surface area contributed by atoms with E-state index in [1.54, 1.807) is 6.92 Å². The summed E-state index contributed by atoms with van der Waals surface area (Å²) in [5, 5.41) is 0. The summed E-state index contributed by atoms with van der Waals surface area (Å²) in [6.45, 7) is 1.79. The zero-order valence-corrected chi connectivity index (χ0v) is 15.8. The molecule has 0 aromatic heterocycles. The third-order valence-corrected chi connectivity index (χ3v) is 5.02. The Morgan fingerprint density at radius 2 is 1.76 bits per heavy atom. The second-order valence-electron chi connectivity index (χ2n) is 5.63. The zero-order valence-electron chi connectivity index (χ0n) is 15.0. The molecule has 2 rings (SSSR count). The molecule has 0 bridgehead atoms. The number of amides is 1. The number of nitrogens with two attached hydrogens (primary N) is 2. The van der Waals surface area contributed by atoms with Crippen molar-refractivity contribution in [2.75, 3.05) is 6.54 Å². The van der Waals surface area contributed by atoms with Crippen molar-refractivity contribution in [3.05, 3.63) is 53.6 Å². The second kappa shape index (κ2) is 8.49. The number of ether oxygens (including phenoxy) is 1. The first-order valence-electron chi connectivity index (χ1n) is 8.07. The van der Waals surface area contributed by atoms with Crippen LogP contribution in [-0.2, 0) is 16.2 Å². The molecule has 0 aliphatic carbocycles.